The Morgan fingerprint density at radius 3 is 2.70 bits per heavy atom. The number of benzene rings is 1. The molecular formula is C23H26ClN3O3. The molecule has 1 aliphatic heterocycles. The van der Waals surface area contributed by atoms with Crippen molar-refractivity contribution < 1.29 is 13.9 Å². The molecule has 0 aliphatic carbocycles. The number of carbonyl (C=O) groups is 1. The summed E-state index contributed by atoms with van der Waals surface area (Å²) < 4.78 is 11.4. The Kier molecular flexibility index (Phi) is 6.67. The number of carbonyl (C=O) groups excluding carboxylic acids is 1. The minimum atomic E-state index is -0.112. The molecule has 158 valence electrons. The third-order valence-corrected chi connectivity index (χ3v) is 5.82. The van der Waals surface area contributed by atoms with Crippen LogP contribution in [0.25, 0.3) is 11.0 Å². The van der Waals surface area contributed by atoms with Crippen LogP contribution in [0.2, 0.25) is 5.02 Å². The van der Waals surface area contributed by atoms with E-state index in [2.05, 4.69) is 9.88 Å². The van der Waals surface area contributed by atoms with E-state index in [9.17, 15) is 4.79 Å². The van der Waals surface area contributed by atoms with E-state index >= 15 is 0 Å². The first kappa shape index (κ1) is 20.8. The normalized spacial score (nSPS) is 14.9. The van der Waals surface area contributed by atoms with Crippen molar-refractivity contribution in [2.45, 2.75) is 19.9 Å². The highest BCUT2D eigenvalue weighted by molar-refractivity contribution is 6.35. The molecule has 30 heavy (non-hydrogen) atoms. The fourth-order valence-electron chi connectivity index (χ4n) is 3.83. The second kappa shape index (κ2) is 9.60. The van der Waals surface area contributed by atoms with E-state index in [1.807, 2.05) is 36.1 Å². The van der Waals surface area contributed by atoms with Gasteiger partial charge in [0, 0.05) is 56.1 Å². The minimum absolute atomic E-state index is 0.112. The molecule has 6 nitrogen and oxygen atoms in total. The van der Waals surface area contributed by atoms with Crippen molar-refractivity contribution in [1.29, 1.82) is 0 Å². The topological polar surface area (TPSA) is 58.8 Å². The van der Waals surface area contributed by atoms with Gasteiger partial charge in [0.05, 0.1) is 18.2 Å². The molecule has 7 heteroatoms. The summed E-state index contributed by atoms with van der Waals surface area (Å²) in [6.45, 7) is 7.44. The molecule has 4 rings (SSSR count). The van der Waals surface area contributed by atoms with Gasteiger partial charge >= 0.3 is 0 Å². The standard InChI is InChI=1S/C23H26ClN3O3/c1-17-19-4-2-5-20(24)22(19)30-21(17)23(28)27(16-18-6-8-25-9-7-18)11-3-10-26-12-14-29-15-13-26/h2,4-9H,3,10-16H2,1H3. The second-order valence-corrected chi connectivity index (χ2v) is 7.97. The molecule has 1 aromatic carbocycles. The highest BCUT2D eigenvalue weighted by Crippen LogP contribution is 2.31. The average Bonchev–Trinajstić information content (AvgIpc) is 3.12. The molecule has 1 fully saturated rings. The monoisotopic (exact) mass is 427 g/mol. The highest BCUT2D eigenvalue weighted by Gasteiger charge is 2.24. The van der Waals surface area contributed by atoms with Crippen LogP contribution in [0.5, 0.6) is 0 Å². The molecule has 1 aliphatic rings. The number of ether oxygens (including phenoxy) is 1. The zero-order valence-corrected chi connectivity index (χ0v) is 17.9. The number of morpholine rings is 1. The summed E-state index contributed by atoms with van der Waals surface area (Å²) in [5.41, 5.74) is 2.43. The lowest BCUT2D eigenvalue weighted by molar-refractivity contribution is 0.0354. The maximum absolute atomic E-state index is 13.5. The van der Waals surface area contributed by atoms with Gasteiger partial charge in [0.2, 0.25) is 0 Å². The third kappa shape index (κ3) is 4.67. The molecule has 0 atom stereocenters. The van der Waals surface area contributed by atoms with Crippen molar-refractivity contribution in [2.75, 3.05) is 39.4 Å². The van der Waals surface area contributed by atoms with Crippen LogP contribution in [0.1, 0.15) is 28.1 Å². The molecule has 1 amide bonds. The molecule has 2 aromatic heterocycles. The predicted molar refractivity (Wildman–Crippen MR) is 117 cm³/mol. The van der Waals surface area contributed by atoms with Gasteiger partial charge in [-0.05, 0) is 37.1 Å². The molecular weight excluding hydrogens is 402 g/mol. The first-order chi connectivity index (χ1) is 14.6. The van der Waals surface area contributed by atoms with Crippen LogP contribution >= 0.6 is 11.6 Å². The molecule has 0 spiro atoms. The van der Waals surface area contributed by atoms with E-state index in [1.165, 1.54) is 0 Å². The molecule has 3 aromatic rings. The zero-order valence-electron chi connectivity index (χ0n) is 17.1. The maximum Gasteiger partial charge on any atom is 0.290 e. The number of hydrogen-bond acceptors (Lipinski definition) is 5. The Morgan fingerprint density at radius 1 is 1.20 bits per heavy atom. The summed E-state index contributed by atoms with van der Waals surface area (Å²) >= 11 is 6.28. The fraction of sp³-hybridized carbons (Fsp3) is 0.391. The number of pyridine rings is 1. The maximum atomic E-state index is 13.5. The third-order valence-electron chi connectivity index (χ3n) is 5.53. The van der Waals surface area contributed by atoms with Crippen molar-refractivity contribution in [3.63, 3.8) is 0 Å². The van der Waals surface area contributed by atoms with E-state index < -0.39 is 0 Å². The number of aromatic nitrogens is 1. The number of fused-ring (bicyclic) bond motifs is 1. The summed E-state index contributed by atoms with van der Waals surface area (Å²) in [5, 5.41) is 1.39. The van der Waals surface area contributed by atoms with Gasteiger partial charge in [0.15, 0.2) is 11.3 Å². The van der Waals surface area contributed by atoms with Gasteiger partial charge in [-0.1, -0.05) is 23.7 Å². The number of halogens is 1. The predicted octanol–water partition coefficient (Wildman–Crippen LogP) is 4.15. The molecule has 0 saturated carbocycles. The van der Waals surface area contributed by atoms with Gasteiger partial charge in [-0.25, -0.2) is 0 Å². The van der Waals surface area contributed by atoms with Crippen molar-refractivity contribution in [3.8, 4) is 0 Å². The van der Waals surface area contributed by atoms with Crippen molar-refractivity contribution in [3.05, 3.63) is 64.6 Å². The van der Waals surface area contributed by atoms with Gasteiger partial charge < -0.3 is 14.1 Å². The zero-order chi connectivity index (χ0) is 20.9. The lowest BCUT2D eigenvalue weighted by Crippen LogP contribution is -2.39. The summed E-state index contributed by atoms with van der Waals surface area (Å²) in [7, 11) is 0. The Labute approximate surface area is 181 Å². The number of para-hydroxylation sites is 1. The van der Waals surface area contributed by atoms with Crippen LogP contribution < -0.4 is 0 Å². The van der Waals surface area contributed by atoms with E-state index in [4.69, 9.17) is 20.8 Å². The van der Waals surface area contributed by atoms with Crippen molar-refractivity contribution in [1.82, 2.24) is 14.8 Å². The lowest BCUT2D eigenvalue weighted by Gasteiger charge is -2.28. The van der Waals surface area contributed by atoms with Crippen LogP contribution in [0.4, 0.5) is 0 Å². The van der Waals surface area contributed by atoms with Crippen LogP contribution in [-0.4, -0.2) is 60.1 Å². The summed E-state index contributed by atoms with van der Waals surface area (Å²) in [5.74, 6) is 0.247. The molecule has 3 heterocycles. The fourth-order valence-corrected chi connectivity index (χ4v) is 4.04. The van der Waals surface area contributed by atoms with Gasteiger partial charge in [0.25, 0.3) is 5.91 Å². The van der Waals surface area contributed by atoms with Crippen LogP contribution in [-0.2, 0) is 11.3 Å². The minimum Gasteiger partial charge on any atom is -0.449 e. The number of rotatable bonds is 7. The summed E-state index contributed by atoms with van der Waals surface area (Å²) in [4.78, 5) is 21.8. The molecule has 0 radical (unpaired) electrons. The van der Waals surface area contributed by atoms with Crippen LogP contribution in [0.15, 0.2) is 47.1 Å². The summed E-state index contributed by atoms with van der Waals surface area (Å²) in [6, 6.07) is 9.45. The number of amides is 1. The van der Waals surface area contributed by atoms with Crippen LogP contribution in [0, 0.1) is 6.92 Å². The molecule has 0 N–H and O–H groups in total. The van der Waals surface area contributed by atoms with Gasteiger partial charge in [-0.2, -0.15) is 0 Å². The van der Waals surface area contributed by atoms with E-state index in [-0.39, 0.29) is 5.91 Å². The summed E-state index contributed by atoms with van der Waals surface area (Å²) in [6.07, 6.45) is 4.38. The average molecular weight is 428 g/mol. The smallest absolute Gasteiger partial charge is 0.290 e. The number of nitrogens with zero attached hydrogens (tertiary/aromatic N) is 3. The molecule has 1 saturated heterocycles. The molecule has 0 bridgehead atoms. The highest BCUT2D eigenvalue weighted by atomic mass is 35.5. The first-order valence-corrected chi connectivity index (χ1v) is 10.7. The Bertz CT molecular complexity index is 1000. The van der Waals surface area contributed by atoms with Gasteiger partial charge in [-0.3, -0.25) is 14.7 Å². The first-order valence-electron chi connectivity index (χ1n) is 10.3. The molecule has 0 unspecified atom stereocenters. The van der Waals surface area contributed by atoms with Gasteiger partial charge in [-0.15, -0.1) is 0 Å². The number of aryl methyl sites for hydroxylation is 1. The van der Waals surface area contributed by atoms with Crippen LogP contribution in [0.3, 0.4) is 0 Å². The number of furan rings is 1. The van der Waals surface area contributed by atoms with E-state index in [1.54, 1.807) is 18.5 Å². The Balaban J connectivity index is 1.54. The second-order valence-electron chi connectivity index (χ2n) is 7.56. The Morgan fingerprint density at radius 2 is 1.97 bits per heavy atom. The quantitative estimate of drug-likeness (QED) is 0.566. The Hall–Kier alpha value is -2.41. The SMILES string of the molecule is Cc1c(C(=O)N(CCCN2CCOCC2)Cc2ccncc2)oc2c(Cl)cccc12. The number of hydrogen-bond donors (Lipinski definition) is 0. The van der Waals surface area contributed by atoms with Crippen molar-refractivity contribution >= 4 is 28.5 Å². The lowest BCUT2D eigenvalue weighted by atomic mass is 10.1. The van der Waals surface area contributed by atoms with Gasteiger partial charge in [0.1, 0.15) is 0 Å². The van der Waals surface area contributed by atoms with Crippen molar-refractivity contribution in [2.24, 2.45) is 0 Å². The van der Waals surface area contributed by atoms with E-state index in [0.29, 0.717) is 29.5 Å². The largest absolute Gasteiger partial charge is 0.449 e. The van der Waals surface area contributed by atoms with E-state index in [0.717, 1.165) is 55.8 Å².